The van der Waals surface area contributed by atoms with Crippen molar-refractivity contribution in [3.8, 4) is 0 Å². The molecular weight excluding hydrogens is 281 g/mol. The summed E-state index contributed by atoms with van der Waals surface area (Å²) >= 11 is 11.6. The number of hydrogen-bond donors (Lipinski definition) is 3. The van der Waals surface area contributed by atoms with Crippen molar-refractivity contribution in [1.29, 1.82) is 0 Å². The first kappa shape index (κ1) is 14.8. The van der Waals surface area contributed by atoms with E-state index in [9.17, 15) is 9.59 Å². The molecule has 3 N–H and O–H groups in total. The highest BCUT2D eigenvalue weighted by Crippen LogP contribution is 2.25. The maximum Gasteiger partial charge on any atom is 0.326 e. The molecule has 1 amide bonds. The Morgan fingerprint density at radius 1 is 1.33 bits per heavy atom. The van der Waals surface area contributed by atoms with Gasteiger partial charge in [-0.3, -0.25) is 4.79 Å². The monoisotopic (exact) mass is 291 g/mol. The third kappa shape index (κ3) is 3.60. The molecule has 0 unspecified atom stereocenters. The quantitative estimate of drug-likeness (QED) is 0.768. The van der Waals surface area contributed by atoms with Crippen LogP contribution in [0.5, 0.6) is 0 Å². The normalized spacial score (nSPS) is 11.9. The van der Waals surface area contributed by atoms with Crippen LogP contribution < -0.4 is 5.32 Å². The molecule has 0 spiro atoms. The second kappa shape index (κ2) is 6.58. The van der Waals surface area contributed by atoms with E-state index in [1.54, 1.807) is 0 Å². The molecule has 18 heavy (non-hydrogen) atoms. The van der Waals surface area contributed by atoms with Crippen LogP contribution in [-0.2, 0) is 4.79 Å². The Balaban J connectivity index is 2.87. The molecule has 1 aromatic rings. The van der Waals surface area contributed by atoms with Crippen molar-refractivity contribution in [1.82, 2.24) is 5.32 Å². The van der Waals surface area contributed by atoms with Crippen LogP contribution >= 0.6 is 23.2 Å². The van der Waals surface area contributed by atoms with Crippen molar-refractivity contribution in [2.75, 3.05) is 6.61 Å². The first-order valence-corrected chi connectivity index (χ1v) is 5.81. The number of aliphatic carboxylic acids is 1. The topological polar surface area (TPSA) is 86.6 Å². The molecule has 0 saturated heterocycles. The number of rotatable bonds is 5. The van der Waals surface area contributed by atoms with E-state index in [-0.39, 0.29) is 28.6 Å². The minimum absolute atomic E-state index is 0.0600. The van der Waals surface area contributed by atoms with Crippen molar-refractivity contribution in [2.45, 2.75) is 12.5 Å². The van der Waals surface area contributed by atoms with E-state index in [0.29, 0.717) is 0 Å². The lowest BCUT2D eigenvalue weighted by atomic mass is 10.1. The van der Waals surface area contributed by atoms with Crippen LogP contribution in [-0.4, -0.2) is 34.7 Å². The SMILES string of the molecule is O=C(N[C@H](CCO)C(=O)O)c1cccc(Cl)c1Cl. The molecular formula is C11H11Cl2NO4. The van der Waals surface area contributed by atoms with E-state index < -0.39 is 17.9 Å². The third-order valence-electron chi connectivity index (χ3n) is 2.22. The van der Waals surface area contributed by atoms with Crippen LogP contribution in [0.3, 0.4) is 0 Å². The standard InChI is InChI=1S/C11H11Cl2NO4/c12-7-3-1-2-6(9(7)13)10(16)14-8(4-5-15)11(17)18/h1-3,8,15H,4-5H2,(H,14,16)(H,17,18)/t8-/m1/s1. The van der Waals surface area contributed by atoms with E-state index in [0.717, 1.165) is 0 Å². The number of aliphatic hydroxyl groups excluding tert-OH is 1. The number of carbonyl (C=O) groups excluding carboxylic acids is 1. The van der Waals surface area contributed by atoms with Crippen LogP contribution in [0.25, 0.3) is 0 Å². The third-order valence-corrected chi connectivity index (χ3v) is 3.04. The summed E-state index contributed by atoms with van der Waals surface area (Å²) in [5.74, 6) is -1.88. The van der Waals surface area contributed by atoms with Gasteiger partial charge in [-0.1, -0.05) is 29.3 Å². The molecule has 5 nitrogen and oxygen atoms in total. The summed E-state index contributed by atoms with van der Waals surface area (Å²) in [6.07, 6.45) is -0.0841. The number of aliphatic hydroxyl groups is 1. The molecule has 0 aliphatic carbocycles. The Morgan fingerprint density at radius 3 is 2.56 bits per heavy atom. The van der Waals surface area contributed by atoms with E-state index in [1.165, 1.54) is 18.2 Å². The highest BCUT2D eigenvalue weighted by Gasteiger charge is 2.21. The smallest absolute Gasteiger partial charge is 0.326 e. The van der Waals surface area contributed by atoms with Crippen molar-refractivity contribution < 1.29 is 19.8 Å². The predicted octanol–water partition coefficient (Wildman–Crippen LogP) is 1.56. The van der Waals surface area contributed by atoms with E-state index in [1.807, 2.05) is 0 Å². The van der Waals surface area contributed by atoms with Crippen molar-refractivity contribution in [3.05, 3.63) is 33.8 Å². The maximum absolute atomic E-state index is 11.8. The fraction of sp³-hybridized carbons (Fsp3) is 0.273. The lowest BCUT2D eigenvalue weighted by Crippen LogP contribution is -2.41. The molecule has 1 aromatic carbocycles. The zero-order chi connectivity index (χ0) is 13.7. The van der Waals surface area contributed by atoms with Crippen LogP contribution in [0.2, 0.25) is 10.0 Å². The van der Waals surface area contributed by atoms with Gasteiger partial charge < -0.3 is 15.5 Å². The zero-order valence-corrected chi connectivity index (χ0v) is 10.7. The van der Waals surface area contributed by atoms with E-state index in [4.69, 9.17) is 33.4 Å². The van der Waals surface area contributed by atoms with Gasteiger partial charge in [0.05, 0.1) is 15.6 Å². The number of benzene rings is 1. The molecule has 0 fully saturated rings. The van der Waals surface area contributed by atoms with Crippen LogP contribution in [0.4, 0.5) is 0 Å². The van der Waals surface area contributed by atoms with E-state index in [2.05, 4.69) is 5.32 Å². The zero-order valence-electron chi connectivity index (χ0n) is 9.19. The number of carbonyl (C=O) groups is 2. The molecule has 0 saturated carbocycles. The van der Waals surface area contributed by atoms with Crippen molar-refractivity contribution in [2.24, 2.45) is 0 Å². The Bertz CT molecular complexity index is 464. The Hall–Kier alpha value is -1.30. The number of amides is 1. The van der Waals surface area contributed by atoms with Crippen LogP contribution in [0, 0.1) is 0 Å². The lowest BCUT2D eigenvalue weighted by Gasteiger charge is -2.14. The lowest BCUT2D eigenvalue weighted by molar-refractivity contribution is -0.139. The first-order valence-electron chi connectivity index (χ1n) is 5.06. The van der Waals surface area contributed by atoms with Crippen LogP contribution in [0.1, 0.15) is 16.8 Å². The van der Waals surface area contributed by atoms with Gasteiger partial charge in [-0.2, -0.15) is 0 Å². The van der Waals surface area contributed by atoms with Crippen molar-refractivity contribution in [3.63, 3.8) is 0 Å². The molecule has 98 valence electrons. The fourth-order valence-corrected chi connectivity index (χ4v) is 1.69. The van der Waals surface area contributed by atoms with Gasteiger partial charge in [0.1, 0.15) is 6.04 Å². The summed E-state index contributed by atoms with van der Waals surface area (Å²) in [5.41, 5.74) is 0.0911. The van der Waals surface area contributed by atoms with Gasteiger partial charge in [0.2, 0.25) is 0 Å². The van der Waals surface area contributed by atoms with E-state index >= 15 is 0 Å². The average Bonchev–Trinajstić information content (AvgIpc) is 2.31. The Labute approximate surface area is 113 Å². The summed E-state index contributed by atoms with van der Waals surface area (Å²) in [5, 5.41) is 20.1. The Morgan fingerprint density at radius 2 is 2.00 bits per heavy atom. The molecule has 0 heterocycles. The molecule has 7 heteroatoms. The minimum atomic E-state index is -1.23. The van der Waals surface area contributed by atoms with Crippen molar-refractivity contribution >= 4 is 35.1 Å². The Kier molecular flexibility index (Phi) is 5.40. The molecule has 0 aliphatic rings. The summed E-state index contributed by atoms with van der Waals surface area (Å²) in [4.78, 5) is 22.6. The molecule has 0 aromatic heterocycles. The number of nitrogens with one attached hydrogen (secondary N) is 1. The van der Waals surface area contributed by atoms with Crippen LogP contribution in [0.15, 0.2) is 18.2 Å². The second-order valence-corrected chi connectivity index (χ2v) is 4.26. The first-order chi connectivity index (χ1) is 8.47. The maximum atomic E-state index is 11.8. The highest BCUT2D eigenvalue weighted by atomic mass is 35.5. The van der Waals surface area contributed by atoms with Gasteiger partial charge in [-0.15, -0.1) is 0 Å². The predicted molar refractivity (Wildman–Crippen MR) is 67.1 cm³/mol. The molecule has 0 radical (unpaired) electrons. The van der Waals surface area contributed by atoms with Gasteiger partial charge in [-0.05, 0) is 12.1 Å². The van der Waals surface area contributed by atoms with Gasteiger partial charge in [-0.25, -0.2) is 4.79 Å². The number of halogens is 2. The molecule has 0 bridgehead atoms. The summed E-state index contributed by atoms with van der Waals surface area (Å²) < 4.78 is 0. The largest absolute Gasteiger partial charge is 0.480 e. The van der Waals surface area contributed by atoms with Gasteiger partial charge >= 0.3 is 5.97 Å². The number of carboxylic acids is 1. The average molecular weight is 292 g/mol. The molecule has 1 rings (SSSR count). The number of hydrogen-bond acceptors (Lipinski definition) is 3. The molecule has 0 aliphatic heterocycles. The highest BCUT2D eigenvalue weighted by molar-refractivity contribution is 6.43. The van der Waals surface area contributed by atoms with Gasteiger partial charge in [0.25, 0.3) is 5.91 Å². The fourth-order valence-electron chi connectivity index (χ4n) is 1.30. The second-order valence-electron chi connectivity index (χ2n) is 3.48. The summed E-state index contributed by atoms with van der Waals surface area (Å²) in [6, 6.07) is 3.31. The van der Waals surface area contributed by atoms with Gasteiger partial charge in [0.15, 0.2) is 0 Å². The summed E-state index contributed by atoms with van der Waals surface area (Å²) in [7, 11) is 0. The molecule has 1 atom stereocenters. The summed E-state index contributed by atoms with van der Waals surface area (Å²) in [6.45, 7) is -0.347. The van der Waals surface area contributed by atoms with Gasteiger partial charge in [0, 0.05) is 13.0 Å². The number of carboxylic acid groups (broad SMARTS) is 1. The minimum Gasteiger partial charge on any atom is -0.480 e.